The van der Waals surface area contributed by atoms with Gasteiger partial charge in [-0.3, -0.25) is 0 Å². The summed E-state index contributed by atoms with van der Waals surface area (Å²) >= 11 is 1.70. The quantitative estimate of drug-likeness (QED) is 0.801. The van der Waals surface area contributed by atoms with Crippen LogP contribution < -0.4 is 5.32 Å². The van der Waals surface area contributed by atoms with Crippen molar-refractivity contribution in [2.75, 3.05) is 6.54 Å². The minimum absolute atomic E-state index is 0.462. The molecule has 1 fully saturated rings. The van der Waals surface area contributed by atoms with Gasteiger partial charge in [0, 0.05) is 10.9 Å². The standard InChI is InChI=1S/C15H15N5OS/c1-9-4-5-11(19-18-9)14-17-15(21-20-14)13-7-6-12(22-13)10-3-2-8-16-10/h4-7,10,16H,2-3,8H2,1H3. The summed E-state index contributed by atoms with van der Waals surface area (Å²) in [5.41, 5.74) is 1.48. The highest BCUT2D eigenvalue weighted by Gasteiger charge is 2.20. The summed E-state index contributed by atoms with van der Waals surface area (Å²) < 4.78 is 5.37. The van der Waals surface area contributed by atoms with Crippen molar-refractivity contribution < 1.29 is 4.52 Å². The molecule has 7 heteroatoms. The molecule has 3 aromatic heterocycles. The van der Waals surface area contributed by atoms with E-state index >= 15 is 0 Å². The van der Waals surface area contributed by atoms with Crippen molar-refractivity contribution in [2.45, 2.75) is 25.8 Å². The van der Waals surface area contributed by atoms with Crippen LogP contribution in [0, 0.1) is 6.92 Å². The lowest BCUT2D eigenvalue weighted by Gasteiger charge is -2.05. The van der Waals surface area contributed by atoms with Crippen molar-refractivity contribution in [3.8, 4) is 22.3 Å². The van der Waals surface area contributed by atoms with Gasteiger partial charge in [0.15, 0.2) is 0 Å². The second-order valence-electron chi connectivity index (χ2n) is 5.33. The van der Waals surface area contributed by atoms with E-state index in [4.69, 9.17) is 4.52 Å². The summed E-state index contributed by atoms with van der Waals surface area (Å²) in [5.74, 6) is 1.00. The van der Waals surface area contributed by atoms with Gasteiger partial charge in [-0.2, -0.15) is 10.1 Å². The van der Waals surface area contributed by atoms with Crippen LogP contribution in [0.2, 0.25) is 0 Å². The molecule has 1 saturated heterocycles. The molecule has 0 aliphatic carbocycles. The molecule has 0 bridgehead atoms. The molecule has 0 radical (unpaired) electrons. The van der Waals surface area contributed by atoms with Crippen LogP contribution in [-0.4, -0.2) is 26.9 Å². The minimum Gasteiger partial charge on any atom is -0.333 e. The van der Waals surface area contributed by atoms with E-state index in [0.717, 1.165) is 17.1 Å². The average Bonchev–Trinajstić information content (AvgIpc) is 3.27. The van der Waals surface area contributed by atoms with Crippen LogP contribution in [0.5, 0.6) is 0 Å². The lowest BCUT2D eigenvalue weighted by atomic mass is 10.2. The van der Waals surface area contributed by atoms with Gasteiger partial charge in [0.05, 0.1) is 10.6 Å². The normalized spacial score (nSPS) is 18.0. The summed E-state index contributed by atoms with van der Waals surface area (Å²) in [6.07, 6.45) is 2.42. The Morgan fingerprint density at radius 1 is 1.23 bits per heavy atom. The van der Waals surface area contributed by atoms with Crippen LogP contribution in [0.25, 0.3) is 22.3 Å². The number of nitrogens with zero attached hydrogens (tertiary/aromatic N) is 4. The molecule has 1 unspecified atom stereocenters. The third-order valence-electron chi connectivity index (χ3n) is 3.69. The molecular formula is C15H15N5OS. The molecule has 1 N–H and O–H groups in total. The Morgan fingerprint density at radius 2 is 2.18 bits per heavy atom. The van der Waals surface area contributed by atoms with Crippen molar-refractivity contribution in [3.63, 3.8) is 0 Å². The van der Waals surface area contributed by atoms with Crippen molar-refractivity contribution in [1.29, 1.82) is 0 Å². The molecule has 1 aliphatic rings. The molecular weight excluding hydrogens is 298 g/mol. The second kappa shape index (κ2) is 5.58. The largest absolute Gasteiger partial charge is 0.333 e. The lowest BCUT2D eigenvalue weighted by Crippen LogP contribution is -2.11. The third-order valence-corrected chi connectivity index (χ3v) is 4.88. The Balaban J connectivity index is 1.59. The first-order valence-corrected chi connectivity index (χ1v) is 8.09. The van der Waals surface area contributed by atoms with E-state index in [1.807, 2.05) is 25.1 Å². The van der Waals surface area contributed by atoms with Crippen LogP contribution >= 0.6 is 11.3 Å². The van der Waals surface area contributed by atoms with Crippen LogP contribution in [0.3, 0.4) is 0 Å². The van der Waals surface area contributed by atoms with E-state index in [1.165, 1.54) is 17.7 Å². The highest BCUT2D eigenvalue weighted by Crippen LogP contribution is 2.34. The monoisotopic (exact) mass is 313 g/mol. The molecule has 4 rings (SSSR count). The highest BCUT2D eigenvalue weighted by atomic mass is 32.1. The fourth-order valence-corrected chi connectivity index (χ4v) is 3.57. The molecule has 1 aliphatic heterocycles. The maximum absolute atomic E-state index is 5.37. The molecule has 4 heterocycles. The van der Waals surface area contributed by atoms with Gasteiger partial charge in [0.1, 0.15) is 5.69 Å². The predicted octanol–water partition coefficient (Wildman–Crippen LogP) is 2.99. The number of hydrogen-bond acceptors (Lipinski definition) is 7. The number of nitrogens with one attached hydrogen (secondary N) is 1. The number of thiophene rings is 1. The van der Waals surface area contributed by atoms with Gasteiger partial charge >= 0.3 is 0 Å². The minimum atomic E-state index is 0.462. The fourth-order valence-electron chi connectivity index (χ4n) is 2.53. The van der Waals surface area contributed by atoms with Gasteiger partial charge in [0.25, 0.3) is 5.89 Å². The van der Waals surface area contributed by atoms with Crippen LogP contribution in [-0.2, 0) is 0 Å². The Kier molecular flexibility index (Phi) is 3.44. The number of aromatic nitrogens is 4. The SMILES string of the molecule is Cc1ccc(-c2noc(-c3ccc(C4CCCN4)s3)n2)nn1. The summed E-state index contributed by atoms with van der Waals surface area (Å²) in [6.45, 7) is 2.98. The Labute approximate surface area is 131 Å². The van der Waals surface area contributed by atoms with Gasteiger partial charge in [-0.1, -0.05) is 5.16 Å². The molecule has 1 atom stereocenters. The zero-order chi connectivity index (χ0) is 14.9. The summed E-state index contributed by atoms with van der Waals surface area (Å²) in [4.78, 5) is 6.74. The van der Waals surface area contributed by atoms with Gasteiger partial charge < -0.3 is 9.84 Å². The maximum Gasteiger partial charge on any atom is 0.268 e. The number of aryl methyl sites for hydroxylation is 1. The molecule has 6 nitrogen and oxygen atoms in total. The summed E-state index contributed by atoms with van der Waals surface area (Å²) in [7, 11) is 0. The van der Waals surface area contributed by atoms with E-state index in [0.29, 0.717) is 23.5 Å². The lowest BCUT2D eigenvalue weighted by molar-refractivity contribution is 0.433. The van der Waals surface area contributed by atoms with Crippen LogP contribution in [0.15, 0.2) is 28.8 Å². The van der Waals surface area contributed by atoms with Crippen molar-refractivity contribution in [1.82, 2.24) is 25.7 Å². The first-order valence-electron chi connectivity index (χ1n) is 7.27. The van der Waals surface area contributed by atoms with E-state index in [-0.39, 0.29) is 0 Å². The van der Waals surface area contributed by atoms with Crippen molar-refractivity contribution in [3.05, 3.63) is 34.8 Å². The number of rotatable bonds is 3. The Bertz CT molecular complexity index is 773. The maximum atomic E-state index is 5.37. The van der Waals surface area contributed by atoms with Gasteiger partial charge in [-0.05, 0) is 50.6 Å². The van der Waals surface area contributed by atoms with Crippen LogP contribution in [0.4, 0.5) is 0 Å². The molecule has 0 saturated carbocycles. The number of hydrogen-bond donors (Lipinski definition) is 1. The van der Waals surface area contributed by atoms with E-state index in [2.05, 4.69) is 31.7 Å². The molecule has 22 heavy (non-hydrogen) atoms. The first-order chi connectivity index (χ1) is 10.8. The molecule has 0 spiro atoms. The van der Waals surface area contributed by atoms with Crippen molar-refractivity contribution >= 4 is 11.3 Å². The van der Waals surface area contributed by atoms with E-state index < -0.39 is 0 Å². The zero-order valence-corrected chi connectivity index (χ0v) is 12.9. The van der Waals surface area contributed by atoms with Gasteiger partial charge in [0.2, 0.25) is 5.82 Å². The zero-order valence-electron chi connectivity index (χ0n) is 12.1. The summed E-state index contributed by atoms with van der Waals surface area (Å²) in [5, 5.41) is 15.6. The van der Waals surface area contributed by atoms with Gasteiger partial charge in [-0.15, -0.1) is 16.4 Å². The Morgan fingerprint density at radius 3 is 2.95 bits per heavy atom. The van der Waals surface area contributed by atoms with Crippen LogP contribution in [0.1, 0.15) is 29.5 Å². The fraction of sp³-hybridized carbons (Fsp3) is 0.333. The predicted molar refractivity (Wildman–Crippen MR) is 83.4 cm³/mol. The smallest absolute Gasteiger partial charge is 0.268 e. The molecule has 3 aromatic rings. The van der Waals surface area contributed by atoms with Gasteiger partial charge in [-0.25, -0.2) is 0 Å². The first kappa shape index (κ1) is 13.5. The second-order valence-corrected chi connectivity index (χ2v) is 6.45. The molecule has 0 amide bonds. The highest BCUT2D eigenvalue weighted by molar-refractivity contribution is 7.15. The third kappa shape index (κ3) is 2.53. The molecule has 112 valence electrons. The van der Waals surface area contributed by atoms with E-state index in [9.17, 15) is 0 Å². The average molecular weight is 313 g/mol. The summed E-state index contributed by atoms with van der Waals surface area (Å²) in [6, 6.07) is 8.37. The van der Waals surface area contributed by atoms with Crippen molar-refractivity contribution in [2.24, 2.45) is 0 Å². The van der Waals surface area contributed by atoms with E-state index in [1.54, 1.807) is 11.3 Å². The topological polar surface area (TPSA) is 76.7 Å². The molecule has 0 aromatic carbocycles. The Hall–Kier alpha value is -2.12.